The third kappa shape index (κ3) is 3.74. The van der Waals surface area contributed by atoms with Crippen LogP contribution in [0.4, 0.5) is 0 Å². The average Bonchev–Trinajstić information content (AvgIpc) is 2.46. The van der Waals surface area contributed by atoms with Crippen LogP contribution in [0.15, 0.2) is 24.3 Å². The van der Waals surface area contributed by atoms with Crippen LogP contribution in [0.25, 0.3) is 0 Å². The number of thioether (sulfide) groups is 1. The smallest absolute Gasteiger partial charge is 0.224 e. The van der Waals surface area contributed by atoms with Crippen molar-refractivity contribution in [2.45, 2.75) is 25.8 Å². The lowest BCUT2D eigenvalue weighted by molar-refractivity contribution is -0.131. The first-order valence-electron chi connectivity index (χ1n) is 6.53. The average molecular weight is 274 g/mol. The summed E-state index contributed by atoms with van der Waals surface area (Å²) in [6.07, 6.45) is 1.24. The summed E-state index contributed by atoms with van der Waals surface area (Å²) >= 11 is 1.75. The highest BCUT2D eigenvalue weighted by molar-refractivity contribution is 7.99. The summed E-state index contributed by atoms with van der Waals surface area (Å²) in [6.45, 7) is 2.76. The normalized spacial score (nSPS) is 18.9. The van der Waals surface area contributed by atoms with Crippen molar-refractivity contribution in [1.82, 2.24) is 4.90 Å². The van der Waals surface area contributed by atoms with Crippen LogP contribution in [-0.4, -0.2) is 34.9 Å². The Morgan fingerprint density at radius 2 is 2.21 bits per heavy atom. The summed E-state index contributed by atoms with van der Waals surface area (Å²) in [5.41, 5.74) is 2.41. The number of aryl methyl sites for hydroxylation is 2. The van der Waals surface area contributed by atoms with Crippen molar-refractivity contribution in [2.24, 2.45) is 0 Å². The molecule has 0 radical (unpaired) electrons. The Hall–Kier alpha value is -1.47. The summed E-state index contributed by atoms with van der Waals surface area (Å²) in [5, 5.41) is 9.07. The Balaban J connectivity index is 1.90. The Labute approximate surface area is 118 Å². The number of rotatable bonds is 3. The van der Waals surface area contributed by atoms with Gasteiger partial charge in [0.15, 0.2) is 0 Å². The molecule has 0 aromatic heterocycles. The molecule has 19 heavy (non-hydrogen) atoms. The Morgan fingerprint density at radius 3 is 2.89 bits per heavy atom. The van der Waals surface area contributed by atoms with E-state index in [9.17, 15) is 4.79 Å². The molecule has 0 aliphatic carbocycles. The van der Waals surface area contributed by atoms with Gasteiger partial charge in [-0.15, -0.1) is 0 Å². The van der Waals surface area contributed by atoms with E-state index in [-0.39, 0.29) is 11.9 Å². The fourth-order valence-electron chi connectivity index (χ4n) is 2.16. The van der Waals surface area contributed by atoms with Gasteiger partial charge in [0.1, 0.15) is 6.04 Å². The van der Waals surface area contributed by atoms with E-state index in [4.69, 9.17) is 5.26 Å². The topological polar surface area (TPSA) is 44.1 Å². The molecule has 100 valence electrons. The monoisotopic (exact) mass is 274 g/mol. The summed E-state index contributed by atoms with van der Waals surface area (Å²) in [6, 6.07) is 10.2. The molecule has 0 bridgehead atoms. The molecule has 0 N–H and O–H groups in total. The minimum Gasteiger partial charge on any atom is -0.325 e. The van der Waals surface area contributed by atoms with Gasteiger partial charge in [0.25, 0.3) is 0 Å². The highest BCUT2D eigenvalue weighted by Crippen LogP contribution is 2.17. The molecule has 4 heteroatoms. The predicted octanol–water partition coefficient (Wildman–Crippen LogP) is 2.40. The molecule has 0 saturated carbocycles. The van der Waals surface area contributed by atoms with E-state index in [0.29, 0.717) is 13.0 Å². The van der Waals surface area contributed by atoms with Gasteiger partial charge in [-0.05, 0) is 18.9 Å². The van der Waals surface area contributed by atoms with Crippen LogP contribution in [0.3, 0.4) is 0 Å². The SMILES string of the molecule is Cc1ccc(CCC(=O)N2CCSCC2C#N)cc1. The van der Waals surface area contributed by atoms with Crippen LogP contribution in [-0.2, 0) is 11.2 Å². The molecule has 3 nitrogen and oxygen atoms in total. The molecule has 1 fully saturated rings. The van der Waals surface area contributed by atoms with Crippen LogP contribution in [0.1, 0.15) is 17.5 Å². The lowest BCUT2D eigenvalue weighted by Gasteiger charge is -2.31. The number of nitriles is 1. The van der Waals surface area contributed by atoms with Crippen molar-refractivity contribution in [3.8, 4) is 6.07 Å². The molecule has 1 atom stereocenters. The molecule has 1 aliphatic rings. The summed E-state index contributed by atoms with van der Waals surface area (Å²) in [4.78, 5) is 13.9. The van der Waals surface area contributed by atoms with Crippen LogP contribution < -0.4 is 0 Å². The minimum atomic E-state index is -0.246. The summed E-state index contributed by atoms with van der Waals surface area (Å²) < 4.78 is 0. The second-order valence-corrected chi connectivity index (χ2v) is 5.94. The lowest BCUT2D eigenvalue weighted by Crippen LogP contribution is -2.45. The number of hydrogen-bond acceptors (Lipinski definition) is 3. The first kappa shape index (κ1) is 14.0. The van der Waals surface area contributed by atoms with Crippen molar-refractivity contribution >= 4 is 17.7 Å². The molecule has 1 heterocycles. The minimum absolute atomic E-state index is 0.104. The van der Waals surface area contributed by atoms with Crippen molar-refractivity contribution in [3.05, 3.63) is 35.4 Å². The molecule has 1 aromatic carbocycles. The maximum absolute atomic E-state index is 12.2. The van der Waals surface area contributed by atoms with Crippen molar-refractivity contribution < 1.29 is 4.79 Å². The van der Waals surface area contributed by atoms with Crippen LogP contribution in [0.2, 0.25) is 0 Å². The van der Waals surface area contributed by atoms with Gasteiger partial charge in [0.2, 0.25) is 5.91 Å². The van der Waals surface area contributed by atoms with Crippen LogP contribution >= 0.6 is 11.8 Å². The van der Waals surface area contributed by atoms with Gasteiger partial charge in [-0.2, -0.15) is 17.0 Å². The molecule has 1 saturated heterocycles. The standard InChI is InChI=1S/C15H18N2OS/c1-12-2-4-13(5-3-12)6-7-15(18)17-8-9-19-11-14(17)10-16/h2-5,14H,6-9,11H2,1H3. The number of carbonyl (C=O) groups is 1. The van der Waals surface area contributed by atoms with E-state index in [2.05, 4.69) is 37.3 Å². The number of nitrogens with zero attached hydrogens (tertiary/aromatic N) is 2. The molecular formula is C15H18N2OS. The quantitative estimate of drug-likeness (QED) is 0.850. The molecule has 0 spiro atoms. The van der Waals surface area contributed by atoms with Gasteiger partial charge in [0.05, 0.1) is 6.07 Å². The van der Waals surface area contributed by atoms with Gasteiger partial charge < -0.3 is 4.90 Å². The maximum Gasteiger partial charge on any atom is 0.224 e. The van der Waals surface area contributed by atoms with Gasteiger partial charge in [-0.1, -0.05) is 29.8 Å². The Morgan fingerprint density at radius 1 is 1.47 bits per heavy atom. The van der Waals surface area contributed by atoms with Gasteiger partial charge in [0, 0.05) is 24.5 Å². The highest BCUT2D eigenvalue weighted by Gasteiger charge is 2.26. The van der Waals surface area contributed by atoms with Gasteiger partial charge in [-0.3, -0.25) is 4.79 Å². The lowest BCUT2D eigenvalue weighted by atomic mass is 10.1. The van der Waals surface area contributed by atoms with Crippen molar-refractivity contribution in [2.75, 3.05) is 18.1 Å². The Kier molecular flexibility index (Phi) is 4.86. The highest BCUT2D eigenvalue weighted by atomic mass is 32.2. The second-order valence-electron chi connectivity index (χ2n) is 4.79. The zero-order chi connectivity index (χ0) is 13.7. The van der Waals surface area contributed by atoms with E-state index in [0.717, 1.165) is 17.9 Å². The first-order chi connectivity index (χ1) is 9.20. The third-order valence-corrected chi connectivity index (χ3v) is 4.37. The van der Waals surface area contributed by atoms with Crippen molar-refractivity contribution in [3.63, 3.8) is 0 Å². The second kappa shape index (κ2) is 6.63. The number of carbonyl (C=O) groups excluding carboxylic acids is 1. The van der Waals surface area contributed by atoms with E-state index >= 15 is 0 Å². The molecule has 1 aliphatic heterocycles. The fourth-order valence-corrected chi connectivity index (χ4v) is 3.13. The molecule has 1 unspecified atom stereocenters. The summed E-state index contributed by atoms with van der Waals surface area (Å²) in [7, 11) is 0. The van der Waals surface area contributed by atoms with Crippen molar-refractivity contribution in [1.29, 1.82) is 5.26 Å². The van der Waals surface area contributed by atoms with Gasteiger partial charge >= 0.3 is 0 Å². The molecule has 1 amide bonds. The number of benzene rings is 1. The molecule has 2 rings (SSSR count). The van der Waals surface area contributed by atoms with E-state index < -0.39 is 0 Å². The largest absolute Gasteiger partial charge is 0.325 e. The molecule has 1 aromatic rings. The summed E-state index contributed by atoms with van der Waals surface area (Å²) in [5.74, 6) is 1.79. The van der Waals surface area contributed by atoms with Gasteiger partial charge in [-0.25, -0.2) is 0 Å². The zero-order valence-electron chi connectivity index (χ0n) is 11.1. The number of hydrogen-bond donors (Lipinski definition) is 0. The first-order valence-corrected chi connectivity index (χ1v) is 7.68. The van der Waals surface area contributed by atoms with E-state index in [1.165, 1.54) is 11.1 Å². The maximum atomic E-state index is 12.2. The predicted molar refractivity (Wildman–Crippen MR) is 77.9 cm³/mol. The fraction of sp³-hybridized carbons (Fsp3) is 0.467. The van der Waals surface area contributed by atoms with E-state index in [1.807, 2.05) is 0 Å². The van der Waals surface area contributed by atoms with Crippen LogP contribution in [0.5, 0.6) is 0 Å². The molecular weight excluding hydrogens is 256 g/mol. The van der Waals surface area contributed by atoms with Crippen LogP contribution in [0, 0.1) is 18.3 Å². The third-order valence-electron chi connectivity index (χ3n) is 3.35. The number of amides is 1. The zero-order valence-corrected chi connectivity index (χ0v) is 11.9. The Bertz CT molecular complexity index is 478. The van der Waals surface area contributed by atoms with E-state index in [1.54, 1.807) is 16.7 Å².